The van der Waals surface area contributed by atoms with Gasteiger partial charge in [-0.05, 0) is 68.3 Å². The summed E-state index contributed by atoms with van der Waals surface area (Å²) in [5.74, 6) is -0.134. The largest absolute Gasteiger partial charge is 0.481 e. The first kappa shape index (κ1) is 17.9. The maximum Gasteiger partial charge on any atom is 0.303 e. The Bertz CT molecular complexity index is 731. The SMILES string of the molecule is CN[C@@H](C)c1cc(F)cc(Oc2ccc(CCC(=O)O)c(C)c2)c1. The van der Waals surface area contributed by atoms with E-state index >= 15 is 0 Å². The number of aryl methyl sites for hydroxylation is 2. The minimum atomic E-state index is -0.819. The molecule has 0 amide bonds. The van der Waals surface area contributed by atoms with Crippen molar-refractivity contribution < 1.29 is 19.0 Å². The minimum absolute atomic E-state index is 0.0168. The molecule has 2 aromatic carbocycles. The molecule has 2 rings (SSSR count). The molecule has 1 atom stereocenters. The fraction of sp³-hybridized carbons (Fsp3) is 0.316. The first-order valence-corrected chi connectivity index (χ1v) is 7.86. The summed E-state index contributed by atoms with van der Waals surface area (Å²) in [5.41, 5.74) is 2.73. The standard InChI is InChI=1S/C19H22FNO3/c1-12-8-17(6-4-14(12)5-7-19(22)23)24-18-10-15(13(2)21-3)9-16(20)11-18/h4,6,8-11,13,21H,5,7H2,1-3H3,(H,22,23)/t13-/m0/s1. The first-order valence-electron chi connectivity index (χ1n) is 7.86. The molecule has 0 aliphatic heterocycles. The monoisotopic (exact) mass is 331 g/mol. The lowest BCUT2D eigenvalue weighted by atomic mass is 10.0. The van der Waals surface area contributed by atoms with Crippen molar-refractivity contribution in [1.29, 1.82) is 0 Å². The van der Waals surface area contributed by atoms with Crippen LogP contribution in [0, 0.1) is 12.7 Å². The van der Waals surface area contributed by atoms with Crippen LogP contribution in [0.1, 0.15) is 36.1 Å². The molecule has 0 fully saturated rings. The zero-order valence-corrected chi connectivity index (χ0v) is 14.1. The van der Waals surface area contributed by atoms with Crippen LogP contribution >= 0.6 is 0 Å². The Balaban J connectivity index is 2.17. The third kappa shape index (κ3) is 4.80. The molecule has 2 aromatic rings. The molecule has 0 aromatic heterocycles. The average molecular weight is 331 g/mol. The van der Waals surface area contributed by atoms with Crippen LogP contribution in [0.4, 0.5) is 4.39 Å². The number of halogens is 1. The molecule has 0 aliphatic rings. The molecule has 24 heavy (non-hydrogen) atoms. The van der Waals surface area contributed by atoms with Crippen molar-refractivity contribution in [1.82, 2.24) is 5.32 Å². The average Bonchev–Trinajstić information content (AvgIpc) is 2.52. The van der Waals surface area contributed by atoms with Gasteiger partial charge in [0.05, 0.1) is 0 Å². The van der Waals surface area contributed by atoms with Gasteiger partial charge in [-0.15, -0.1) is 0 Å². The third-order valence-electron chi connectivity index (χ3n) is 3.98. The number of hydrogen-bond donors (Lipinski definition) is 2. The second kappa shape index (κ2) is 7.93. The predicted molar refractivity (Wildman–Crippen MR) is 91.1 cm³/mol. The van der Waals surface area contributed by atoms with E-state index in [4.69, 9.17) is 9.84 Å². The lowest BCUT2D eigenvalue weighted by molar-refractivity contribution is -0.136. The topological polar surface area (TPSA) is 58.6 Å². The third-order valence-corrected chi connectivity index (χ3v) is 3.98. The number of carboxylic acid groups (broad SMARTS) is 1. The van der Waals surface area contributed by atoms with Crippen molar-refractivity contribution >= 4 is 5.97 Å². The van der Waals surface area contributed by atoms with Crippen LogP contribution in [0.2, 0.25) is 0 Å². The van der Waals surface area contributed by atoms with Gasteiger partial charge in [-0.2, -0.15) is 0 Å². The van der Waals surface area contributed by atoms with E-state index in [0.29, 0.717) is 17.9 Å². The minimum Gasteiger partial charge on any atom is -0.481 e. The van der Waals surface area contributed by atoms with Crippen molar-refractivity contribution in [2.24, 2.45) is 0 Å². The summed E-state index contributed by atoms with van der Waals surface area (Å²) in [6.45, 7) is 3.85. The van der Waals surface area contributed by atoms with Crippen LogP contribution in [0.15, 0.2) is 36.4 Å². The van der Waals surface area contributed by atoms with Crippen molar-refractivity contribution in [2.75, 3.05) is 7.05 Å². The van der Waals surface area contributed by atoms with E-state index < -0.39 is 5.97 Å². The Labute approximate surface area is 141 Å². The van der Waals surface area contributed by atoms with E-state index in [-0.39, 0.29) is 18.3 Å². The normalized spacial score (nSPS) is 12.0. The lowest BCUT2D eigenvalue weighted by Gasteiger charge is -2.14. The molecule has 128 valence electrons. The maximum atomic E-state index is 13.8. The van der Waals surface area contributed by atoms with Crippen LogP contribution < -0.4 is 10.1 Å². The molecule has 0 saturated carbocycles. The van der Waals surface area contributed by atoms with Gasteiger partial charge in [0.1, 0.15) is 17.3 Å². The summed E-state index contributed by atoms with van der Waals surface area (Å²) >= 11 is 0. The highest BCUT2D eigenvalue weighted by atomic mass is 19.1. The molecule has 0 bridgehead atoms. The molecule has 0 radical (unpaired) electrons. The number of nitrogens with one attached hydrogen (secondary N) is 1. The van der Waals surface area contributed by atoms with Crippen LogP contribution in [0.5, 0.6) is 11.5 Å². The van der Waals surface area contributed by atoms with Gasteiger partial charge in [-0.3, -0.25) is 4.79 Å². The van der Waals surface area contributed by atoms with Crippen molar-refractivity contribution in [2.45, 2.75) is 32.7 Å². The maximum absolute atomic E-state index is 13.8. The molecular weight excluding hydrogens is 309 g/mol. The molecular formula is C19H22FNO3. The number of rotatable bonds is 7. The number of hydrogen-bond acceptors (Lipinski definition) is 3. The van der Waals surface area contributed by atoms with Crippen LogP contribution in [0.25, 0.3) is 0 Å². The van der Waals surface area contributed by atoms with E-state index in [0.717, 1.165) is 16.7 Å². The highest BCUT2D eigenvalue weighted by molar-refractivity contribution is 5.67. The quantitative estimate of drug-likeness (QED) is 0.797. The van der Waals surface area contributed by atoms with Gasteiger partial charge in [0, 0.05) is 18.5 Å². The summed E-state index contributed by atoms with van der Waals surface area (Å²) < 4.78 is 19.6. The molecule has 2 N–H and O–H groups in total. The van der Waals surface area contributed by atoms with Crippen LogP contribution in [0.3, 0.4) is 0 Å². The van der Waals surface area contributed by atoms with E-state index in [2.05, 4.69) is 5.32 Å². The van der Waals surface area contributed by atoms with Gasteiger partial charge in [0.2, 0.25) is 0 Å². The summed E-state index contributed by atoms with van der Waals surface area (Å²) in [5, 5.41) is 11.8. The lowest BCUT2D eigenvalue weighted by Crippen LogP contribution is -2.12. The van der Waals surface area contributed by atoms with Crippen LogP contribution in [-0.4, -0.2) is 18.1 Å². The molecule has 0 saturated heterocycles. The van der Waals surface area contributed by atoms with E-state index in [9.17, 15) is 9.18 Å². The van der Waals surface area contributed by atoms with Gasteiger partial charge in [0.15, 0.2) is 0 Å². The molecule has 0 heterocycles. The Kier molecular flexibility index (Phi) is 5.93. The van der Waals surface area contributed by atoms with Gasteiger partial charge in [0.25, 0.3) is 0 Å². The van der Waals surface area contributed by atoms with Gasteiger partial charge in [-0.25, -0.2) is 4.39 Å². The van der Waals surface area contributed by atoms with Crippen LogP contribution in [-0.2, 0) is 11.2 Å². The van der Waals surface area contributed by atoms with Gasteiger partial charge >= 0.3 is 5.97 Å². The Morgan fingerprint density at radius 1 is 1.25 bits per heavy atom. The fourth-order valence-corrected chi connectivity index (χ4v) is 2.45. The van der Waals surface area contributed by atoms with Gasteiger partial charge in [-0.1, -0.05) is 6.07 Å². The first-order chi connectivity index (χ1) is 11.4. The predicted octanol–water partition coefficient (Wildman–Crippen LogP) is 4.22. The summed E-state index contributed by atoms with van der Waals surface area (Å²) in [6, 6.07) is 10.1. The second-order valence-corrected chi connectivity index (χ2v) is 5.81. The zero-order valence-electron chi connectivity index (χ0n) is 14.1. The van der Waals surface area contributed by atoms with Crippen molar-refractivity contribution in [3.8, 4) is 11.5 Å². The summed E-state index contributed by atoms with van der Waals surface area (Å²) in [7, 11) is 1.81. The van der Waals surface area contributed by atoms with Gasteiger partial charge < -0.3 is 15.2 Å². The fourth-order valence-electron chi connectivity index (χ4n) is 2.45. The Morgan fingerprint density at radius 2 is 2.00 bits per heavy atom. The van der Waals surface area contributed by atoms with E-state index in [1.54, 1.807) is 12.1 Å². The van der Waals surface area contributed by atoms with Crippen molar-refractivity contribution in [3.05, 3.63) is 58.9 Å². The number of carbonyl (C=O) groups is 1. The number of ether oxygens (including phenoxy) is 1. The summed E-state index contributed by atoms with van der Waals surface area (Å²) in [4.78, 5) is 10.7. The summed E-state index contributed by atoms with van der Waals surface area (Å²) in [6.07, 6.45) is 0.571. The second-order valence-electron chi connectivity index (χ2n) is 5.81. The highest BCUT2D eigenvalue weighted by Gasteiger charge is 2.09. The van der Waals surface area contributed by atoms with Crippen molar-refractivity contribution in [3.63, 3.8) is 0 Å². The molecule has 4 nitrogen and oxygen atoms in total. The molecule has 0 spiro atoms. The molecule has 0 unspecified atom stereocenters. The Hall–Kier alpha value is -2.40. The number of aliphatic carboxylic acids is 1. The molecule has 0 aliphatic carbocycles. The zero-order chi connectivity index (χ0) is 17.7. The smallest absolute Gasteiger partial charge is 0.303 e. The van der Waals surface area contributed by atoms with E-state index in [1.165, 1.54) is 12.1 Å². The molecule has 5 heteroatoms. The highest BCUT2D eigenvalue weighted by Crippen LogP contribution is 2.27. The Morgan fingerprint density at radius 3 is 2.62 bits per heavy atom. The van der Waals surface area contributed by atoms with E-state index in [1.807, 2.05) is 33.0 Å². The number of benzene rings is 2. The number of carboxylic acids is 1.